The molecule has 108 valence electrons. The van der Waals surface area contributed by atoms with Crippen molar-refractivity contribution in [2.45, 2.75) is 13.8 Å². The second-order valence-corrected chi connectivity index (χ2v) is 4.64. The number of anilines is 1. The first-order chi connectivity index (χ1) is 10.0. The van der Waals surface area contributed by atoms with Crippen LogP contribution in [0.25, 0.3) is 0 Å². The summed E-state index contributed by atoms with van der Waals surface area (Å²) < 4.78 is 0. The van der Waals surface area contributed by atoms with E-state index in [2.05, 4.69) is 10.2 Å². The van der Waals surface area contributed by atoms with Gasteiger partial charge in [-0.25, -0.2) is 5.06 Å². The van der Waals surface area contributed by atoms with Gasteiger partial charge in [-0.15, -0.1) is 0 Å². The summed E-state index contributed by atoms with van der Waals surface area (Å²) >= 11 is 0. The van der Waals surface area contributed by atoms with Crippen LogP contribution in [0.2, 0.25) is 0 Å². The van der Waals surface area contributed by atoms with Crippen molar-refractivity contribution in [3.63, 3.8) is 0 Å². The molecule has 2 aromatic rings. The molecular weight excluding hydrogens is 266 g/mol. The second-order valence-electron chi connectivity index (χ2n) is 4.64. The highest BCUT2D eigenvalue weighted by Crippen LogP contribution is 2.22. The summed E-state index contributed by atoms with van der Waals surface area (Å²) in [7, 11) is 1.67. The Hall–Kier alpha value is -2.69. The second kappa shape index (κ2) is 6.65. The molecule has 0 aliphatic heterocycles. The summed E-state index contributed by atoms with van der Waals surface area (Å²) in [4.78, 5) is 15.8. The van der Waals surface area contributed by atoms with Crippen LogP contribution in [0.3, 0.4) is 0 Å². The number of rotatable bonds is 4. The van der Waals surface area contributed by atoms with Crippen molar-refractivity contribution in [2.24, 2.45) is 10.2 Å². The van der Waals surface area contributed by atoms with E-state index >= 15 is 0 Å². The van der Waals surface area contributed by atoms with E-state index in [-0.39, 0.29) is 5.97 Å². The topological polar surface area (TPSA) is 54.3 Å². The Bertz CT molecular complexity index is 651. The predicted octanol–water partition coefficient (Wildman–Crippen LogP) is 4.32. The third-order valence-corrected chi connectivity index (χ3v) is 2.76. The van der Waals surface area contributed by atoms with Crippen LogP contribution in [0.5, 0.6) is 0 Å². The lowest BCUT2D eigenvalue weighted by Crippen LogP contribution is -2.20. The van der Waals surface area contributed by atoms with Gasteiger partial charge in [0.25, 0.3) is 0 Å². The molecule has 0 unspecified atom stereocenters. The largest absolute Gasteiger partial charge is 0.341 e. The van der Waals surface area contributed by atoms with Crippen LogP contribution in [0, 0.1) is 6.92 Å². The van der Waals surface area contributed by atoms with Gasteiger partial charge in [0.05, 0.1) is 17.1 Å². The molecule has 0 aliphatic carbocycles. The zero-order valence-electron chi connectivity index (χ0n) is 12.3. The number of hydroxylamine groups is 1. The normalized spacial score (nSPS) is 10.6. The van der Waals surface area contributed by atoms with Gasteiger partial charge in [-0.1, -0.05) is 12.1 Å². The molecule has 0 saturated carbocycles. The Morgan fingerprint density at radius 2 is 1.71 bits per heavy atom. The molecule has 2 aromatic carbocycles. The van der Waals surface area contributed by atoms with Gasteiger partial charge in [-0.3, -0.25) is 4.79 Å². The summed E-state index contributed by atoms with van der Waals surface area (Å²) in [5, 5.41) is 9.77. The molecule has 0 bridgehead atoms. The number of hydrogen-bond donors (Lipinski definition) is 0. The van der Waals surface area contributed by atoms with E-state index in [9.17, 15) is 4.79 Å². The molecule has 0 aliphatic rings. The van der Waals surface area contributed by atoms with Crippen LogP contribution >= 0.6 is 0 Å². The lowest BCUT2D eigenvalue weighted by atomic mass is 10.2. The lowest BCUT2D eigenvalue weighted by molar-refractivity contribution is -0.141. The minimum Gasteiger partial charge on any atom is -0.341 e. The molecule has 0 spiro atoms. The monoisotopic (exact) mass is 283 g/mol. The third-order valence-electron chi connectivity index (χ3n) is 2.76. The Morgan fingerprint density at radius 3 is 2.33 bits per heavy atom. The molecule has 5 nitrogen and oxygen atoms in total. The van der Waals surface area contributed by atoms with Crippen molar-refractivity contribution >= 4 is 23.0 Å². The number of benzene rings is 2. The Labute approximate surface area is 123 Å². The molecule has 5 heteroatoms. The van der Waals surface area contributed by atoms with Crippen molar-refractivity contribution in [1.29, 1.82) is 0 Å². The maximum absolute atomic E-state index is 10.9. The molecule has 0 radical (unpaired) electrons. The number of aryl methyl sites for hydroxylation is 1. The van der Waals surface area contributed by atoms with E-state index in [0.29, 0.717) is 0 Å². The third kappa shape index (κ3) is 4.42. The Morgan fingerprint density at radius 1 is 1.05 bits per heavy atom. The fourth-order valence-electron chi connectivity index (χ4n) is 1.78. The number of hydrogen-bond acceptors (Lipinski definition) is 5. The Balaban J connectivity index is 2.07. The Kier molecular flexibility index (Phi) is 4.66. The molecule has 0 atom stereocenters. The van der Waals surface area contributed by atoms with Crippen LogP contribution in [0.4, 0.5) is 17.1 Å². The first kappa shape index (κ1) is 14.7. The van der Waals surface area contributed by atoms with E-state index in [1.807, 2.05) is 55.5 Å². The highest BCUT2D eigenvalue weighted by molar-refractivity contribution is 5.67. The maximum Gasteiger partial charge on any atom is 0.329 e. The summed E-state index contributed by atoms with van der Waals surface area (Å²) in [5.74, 6) is -0.360. The van der Waals surface area contributed by atoms with Crippen molar-refractivity contribution in [3.8, 4) is 0 Å². The van der Waals surface area contributed by atoms with Gasteiger partial charge in [0.15, 0.2) is 0 Å². The molecule has 0 fully saturated rings. The molecule has 0 heterocycles. The number of azo groups is 1. The highest BCUT2D eigenvalue weighted by Gasteiger charge is 2.03. The van der Waals surface area contributed by atoms with E-state index in [1.54, 1.807) is 7.05 Å². The summed E-state index contributed by atoms with van der Waals surface area (Å²) in [6.07, 6.45) is 0. The fraction of sp³-hybridized carbons (Fsp3) is 0.188. The van der Waals surface area contributed by atoms with Gasteiger partial charge in [0.2, 0.25) is 0 Å². The van der Waals surface area contributed by atoms with Gasteiger partial charge in [-0.05, 0) is 48.9 Å². The standard InChI is InChI=1S/C16H17N3O2/c1-12-5-4-6-15(11-12)18-17-14-7-9-16(10-8-14)19(3)21-13(2)20/h4-11H,1-3H3. The van der Waals surface area contributed by atoms with Crippen molar-refractivity contribution < 1.29 is 9.63 Å². The minimum atomic E-state index is -0.360. The van der Waals surface area contributed by atoms with Crippen molar-refractivity contribution in [1.82, 2.24) is 0 Å². The SMILES string of the molecule is CC(=O)ON(C)c1ccc(N=Nc2cccc(C)c2)cc1. The van der Waals surface area contributed by atoms with Gasteiger partial charge in [-0.2, -0.15) is 10.2 Å². The fourth-order valence-corrected chi connectivity index (χ4v) is 1.78. The van der Waals surface area contributed by atoms with Crippen LogP contribution in [-0.2, 0) is 9.63 Å². The van der Waals surface area contributed by atoms with Gasteiger partial charge < -0.3 is 4.84 Å². The molecule has 0 N–H and O–H groups in total. The zero-order valence-corrected chi connectivity index (χ0v) is 12.3. The molecule has 2 rings (SSSR count). The summed E-state index contributed by atoms with van der Waals surface area (Å²) in [5.41, 5.74) is 3.46. The van der Waals surface area contributed by atoms with Crippen LogP contribution < -0.4 is 5.06 Å². The number of carbonyl (C=O) groups is 1. The summed E-state index contributed by atoms with van der Waals surface area (Å²) in [6, 6.07) is 15.1. The van der Waals surface area contributed by atoms with E-state index in [1.165, 1.54) is 12.0 Å². The first-order valence-corrected chi connectivity index (χ1v) is 6.55. The highest BCUT2D eigenvalue weighted by atomic mass is 16.7. The van der Waals surface area contributed by atoms with E-state index < -0.39 is 0 Å². The smallest absolute Gasteiger partial charge is 0.329 e. The average molecular weight is 283 g/mol. The summed E-state index contributed by atoms with van der Waals surface area (Å²) in [6.45, 7) is 3.37. The average Bonchev–Trinajstić information content (AvgIpc) is 2.45. The van der Waals surface area contributed by atoms with Crippen LogP contribution in [0.1, 0.15) is 12.5 Å². The van der Waals surface area contributed by atoms with Crippen molar-refractivity contribution in [2.75, 3.05) is 12.1 Å². The maximum atomic E-state index is 10.9. The molecule has 21 heavy (non-hydrogen) atoms. The first-order valence-electron chi connectivity index (χ1n) is 6.55. The zero-order chi connectivity index (χ0) is 15.2. The predicted molar refractivity (Wildman–Crippen MR) is 82.0 cm³/mol. The number of carbonyl (C=O) groups excluding carboxylic acids is 1. The quantitative estimate of drug-likeness (QED) is 0.620. The van der Waals surface area contributed by atoms with E-state index in [0.717, 1.165) is 22.6 Å². The lowest BCUT2D eigenvalue weighted by Gasteiger charge is -2.16. The van der Waals surface area contributed by atoms with Gasteiger partial charge >= 0.3 is 5.97 Å². The molecule has 0 saturated heterocycles. The molecule has 0 amide bonds. The van der Waals surface area contributed by atoms with E-state index in [4.69, 9.17) is 4.84 Å². The number of nitrogens with zero attached hydrogens (tertiary/aromatic N) is 3. The molecule has 0 aromatic heterocycles. The van der Waals surface area contributed by atoms with Crippen LogP contribution in [-0.4, -0.2) is 13.0 Å². The van der Waals surface area contributed by atoms with Gasteiger partial charge in [0, 0.05) is 14.0 Å². The van der Waals surface area contributed by atoms with Crippen LogP contribution in [0.15, 0.2) is 58.8 Å². The minimum absolute atomic E-state index is 0.360. The molecular formula is C16H17N3O2. The van der Waals surface area contributed by atoms with Gasteiger partial charge in [0.1, 0.15) is 0 Å². The van der Waals surface area contributed by atoms with Crippen molar-refractivity contribution in [3.05, 3.63) is 54.1 Å².